The molecular weight excluding hydrogens is 305 g/mol. The van der Waals surface area contributed by atoms with Crippen LogP contribution in [-0.4, -0.2) is 17.5 Å². The summed E-state index contributed by atoms with van der Waals surface area (Å²) in [6, 6.07) is 6.19. The molecule has 0 amide bonds. The van der Waals surface area contributed by atoms with Crippen molar-refractivity contribution in [2.75, 3.05) is 6.54 Å². The fourth-order valence-electron chi connectivity index (χ4n) is 3.80. The van der Waals surface area contributed by atoms with Gasteiger partial charge in [0.25, 0.3) is 0 Å². The third-order valence-electron chi connectivity index (χ3n) is 4.73. The Hall–Kier alpha value is -0.410. The van der Waals surface area contributed by atoms with Crippen LogP contribution in [0, 0.1) is 11.7 Å². The first-order chi connectivity index (χ1) is 9.24. The van der Waals surface area contributed by atoms with E-state index in [0.717, 1.165) is 18.5 Å². The van der Waals surface area contributed by atoms with Crippen LogP contribution in [0.1, 0.15) is 44.1 Å². The Balaban J connectivity index is 1.69. The van der Waals surface area contributed by atoms with Crippen molar-refractivity contribution in [3.8, 4) is 0 Å². The Bertz CT molecular complexity index is 442. The monoisotopic (exact) mass is 325 g/mol. The maximum absolute atomic E-state index is 13.3. The van der Waals surface area contributed by atoms with Gasteiger partial charge in [-0.05, 0) is 71.8 Å². The molecule has 3 rings (SSSR count). The van der Waals surface area contributed by atoms with Gasteiger partial charge in [0.05, 0.1) is 4.47 Å². The van der Waals surface area contributed by atoms with Crippen LogP contribution < -0.4 is 0 Å². The lowest BCUT2D eigenvalue weighted by molar-refractivity contribution is 0.183. The van der Waals surface area contributed by atoms with Crippen molar-refractivity contribution in [3.63, 3.8) is 0 Å². The fraction of sp³-hybridized carbons (Fsp3) is 0.625. The molecule has 0 spiro atoms. The molecule has 0 aromatic heterocycles. The second-order valence-corrected chi connectivity index (χ2v) is 6.83. The maximum atomic E-state index is 13.3. The van der Waals surface area contributed by atoms with Gasteiger partial charge in [-0.25, -0.2) is 4.39 Å². The number of halogens is 2. The van der Waals surface area contributed by atoms with E-state index in [2.05, 4.69) is 20.8 Å². The van der Waals surface area contributed by atoms with Gasteiger partial charge in [0, 0.05) is 12.6 Å². The molecule has 1 nitrogen and oxygen atoms in total. The minimum absolute atomic E-state index is 0.169. The van der Waals surface area contributed by atoms with Crippen LogP contribution in [0.15, 0.2) is 22.7 Å². The molecule has 104 valence electrons. The molecule has 1 atom stereocenters. The molecule has 1 heterocycles. The highest BCUT2D eigenvalue weighted by Gasteiger charge is 2.33. The summed E-state index contributed by atoms with van der Waals surface area (Å²) in [5, 5.41) is 0. The Morgan fingerprint density at radius 2 is 1.95 bits per heavy atom. The molecule has 1 aromatic carbocycles. The lowest BCUT2D eigenvalue weighted by atomic mass is 9.96. The zero-order chi connectivity index (χ0) is 13.2. The maximum Gasteiger partial charge on any atom is 0.137 e. The molecule has 0 bridgehead atoms. The van der Waals surface area contributed by atoms with E-state index in [1.54, 1.807) is 6.07 Å². The highest BCUT2D eigenvalue weighted by atomic mass is 79.9. The molecule has 0 radical (unpaired) electrons. The second kappa shape index (κ2) is 5.92. The SMILES string of the molecule is Fc1ccc(CN2CCCC2C2CCCC2)cc1Br. The smallest absolute Gasteiger partial charge is 0.137 e. The average molecular weight is 326 g/mol. The highest BCUT2D eigenvalue weighted by molar-refractivity contribution is 9.10. The molecular formula is C16H21BrFN. The summed E-state index contributed by atoms with van der Waals surface area (Å²) in [5.41, 5.74) is 1.22. The number of hydrogen-bond donors (Lipinski definition) is 0. The van der Waals surface area contributed by atoms with Gasteiger partial charge < -0.3 is 0 Å². The van der Waals surface area contributed by atoms with Crippen molar-refractivity contribution in [2.24, 2.45) is 5.92 Å². The zero-order valence-electron chi connectivity index (χ0n) is 11.2. The molecule has 1 aromatic rings. The lowest BCUT2D eigenvalue weighted by Crippen LogP contribution is -2.34. The number of likely N-dealkylation sites (tertiary alicyclic amines) is 1. The molecule has 1 unspecified atom stereocenters. The highest BCUT2D eigenvalue weighted by Crippen LogP contribution is 2.36. The van der Waals surface area contributed by atoms with Crippen LogP contribution in [0.25, 0.3) is 0 Å². The summed E-state index contributed by atoms with van der Waals surface area (Å²) in [7, 11) is 0. The van der Waals surface area contributed by atoms with E-state index in [9.17, 15) is 4.39 Å². The first-order valence-electron chi connectivity index (χ1n) is 7.42. The number of rotatable bonds is 3. The lowest BCUT2D eigenvalue weighted by Gasteiger charge is -2.29. The number of hydrogen-bond acceptors (Lipinski definition) is 1. The van der Waals surface area contributed by atoms with Gasteiger partial charge >= 0.3 is 0 Å². The summed E-state index contributed by atoms with van der Waals surface area (Å²) in [6.07, 6.45) is 8.33. The van der Waals surface area contributed by atoms with Gasteiger partial charge in [-0.2, -0.15) is 0 Å². The van der Waals surface area contributed by atoms with E-state index in [1.165, 1.54) is 50.6 Å². The molecule has 1 aliphatic carbocycles. The molecule has 3 heteroatoms. The van der Waals surface area contributed by atoms with E-state index in [1.807, 2.05) is 12.1 Å². The topological polar surface area (TPSA) is 3.24 Å². The predicted octanol–water partition coefficient (Wildman–Crippen LogP) is 4.74. The van der Waals surface area contributed by atoms with Crippen LogP contribution in [-0.2, 0) is 6.54 Å². The number of benzene rings is 1. The molecule has 0 N–H and O–H groups in total. The summed E-state index contributed by atoms with van der Waals surface area (Å²) in [5.74, 6) is 0.740. The van der Waals surface area contributed by atoms with Gasteiger partial charge in [0.2, 0.25) is 0 Å². The fourth-order valence-corrected chi connectivity index (χ4v) is 4.22. The van der Waals surface area contributed by atoms with Crippen molar-refractivity contribution >= 4 is 15.9 Å². The summed E-state index contributed by atoms with van der Waals surface area (Å²) in [6.45, 7) is 2.18. The molecule has 1 saturated heterocycles. The molecule has 1 saturated carbocycles. The van der Waals surface area contributed by atoms with E-state index in [4.69, 9.17) is 0 Å². The van der Waals surface area contributed by atoms with Gasteiger partial charge in [0.1, 0.15) is 5.82 Å². The largest absolute Gasteiger partial charge is 0.296 e. The normalized spacial score (nSPS) is 25.3. The summed E-state index contributed by atoms with van der Waals surface area (Å²) in [4.78, 5) is 2.62. The van der Waals surface area contributed by atoms with Crippen molar-refractivity contribution in [1.82, 2.24) is 4.90 Å². The van der Waals surface area contributed by atoms with E-state index in [0.29, 0.717) is 4.47 Å². The van der Waals surface area contributed by atoms with Crippen molar-refractivity contribution in [1.29, 1.82) is 0 Å². The van der Waals surface area contributed by atoms with Gasteiger partial charge in [-0.1, -0.05) is 18.9 Å². The van der Waals surface area contributed by atoms with E-state index in [-0.39, 0.29) is 5.82 Å². The Morgan fingerprint density at radius 3 is 2.68 bits per heavy atom. The van der Waals surface area contributed by atoms with E-state index >= 15 is 0 Å². The molecule has 19 heavy (non-hydrogen) atoms. The van der Waals surface area contributed by atoms with Gasteiger partial charge in [-0.3, -0.25) is 4.90 Å². The Labute approximate surface area is 123 Å². The Kier molecular flexibility index (Phi) is 4.23. The van der Waals surface area contributed by atoms with Crippen molar-refractivity contribution in [3.05, 3.63) is 34.1 Å². The first-order valence-corrected chi connectivity index (χ1v) is 8.21. The van der Waals surface area contributed by atoms with Crippen LogP contribution in [0.3, 0.4) is 0 Å². The molecule has 2 aliphatic rings. The second-order valence-electron chi connectivity index (χ2n) is 5.97. The van der Waals surface area contributed by atoms with Crippen molar-refractivity contribution in [2.45, 2.75) is 51.1 Å². The third kappa shape index (κ3) is 3.03. The van der Waals surface area contributed by atoms with Crippen LogP contribution in [0.5, 0.6) is 0 Å². The van der Waals surface area contributed by atoms with Gasteiger partial charge in [0.15, 0.2) is 0 Å². The summed E-state index contributed by atoms with van der Waals surface area (Å²) < 4.78 is 13.9. The third-order valence-corrected chi connectivity index (χ3v) is 5.34. The molecule has 1 aliphatic heterocycles. The average Bonchev–Trinajstić information content (AvgIpc) is 3.04. The quantitative estimate of drug-likeness (QED) is 0.775. The van der Waals surface area contributed by atoms with E-state index < -0.39 is 0 Å². The van der Waals surface area contributed by atoms with Crippen LogP contribution >= 0.6 is 15.9 Å². The van der Waals surface area contributed by atoms with Crippen LogP contribution in [0.2, 0.25) is 0 Å². The zero-order valence-corrected chi connectivity index (χ0v) is 12.8. The van der Waals surface area contributed by atoms with Crippen molar-refractivity contribution < 1.29 is 4.39 Å². The van der Waals surface area contributed by atoms with Gasteiger partial charge in [-0.15, -0.1) is 0 Å². The Morgan fingerprint density at radius 1 is 1.16 bits per heavy atom. The van der Waals surface area contributed by atoms with Crippen LogP contribution in [0.4, 0.5) is 4.39 Å². The minimum Gasteiger partial charge on any atom is -0.296 e. The minimum atomic E-state index is -0.169. The standard InChI is InChI=1S/C16H21BrFN/c17-14-10-12(7-8-15(14)18)11-19-9-3-6-16(19)13-4-1-2-5-13/h7-8,10,13,16H,1-6,9,11H2. The first kappa shape index (κ1) is 13.6. The number of nitrogens with zero attached hydrogens (tertiary/aromatic N) is 1. The summed E-state index contributed by atoms with van der Waals surface area (Å²) >= 11 is 3.28. The predicted molar refractivity (Wildman–Crippen MR) is 79.5 cm³/mol. The molecule has 2 fully saturated rings.